The van der Waals surface area contributed by atoms with Gasteiger partial charge in [0.05, 0.1) is 28.2 Å². The molecule has 0 radical (unpaired) electrons. The van der Waals surface area contributed by atoms with Crippen LogP contribution in [-0.2, 0) is 16.3 Å². The molecule has 0 amide bonds. The molecular formula is C22H21NO5S. The zero-order valence-corrected chi connectivity index (χ0v) is 16.9. The molecule has 0 heterocycles. The highest BCUT2D eigenvalue weighted by Crippen LogP contribution is 2.34. The lowest BCUT2D eigenvalue weighted by molar-refractivity contribution is 0.0695. The summed E-state index contributed by atoms with van der Waals surface area (Å²) in [4.78, 5) is 11.8. The highest BCUT2D eigenvalue weighted by molar-refractivity contribution is 7.91. The number of nitrogen functional groups attached to an aromatic ring is 1. The van der Waals surface area contributed by atoms with Crippen molar-refractivity contribution in [2.24, 2.45) is 0 Å². The first-order chi connectivity index (χ1) is 13.8. The molecule has 0 fully saturated rings. The lowest BCUT2D eigenvalue weighted by Gasteiger charge is -2.17. The second-order valence-electron chi connectivity index (χ2n) is 6.61. The van der Waals surface area contributed by atoms with Crippen LogP contribution >= 0.6 is 0 Å². The van der Waals surface area contributed by atoms with Crippen LogP contribution in [-0.4, -0.2) is 26.6 Å². The first-order valence-electron chi connectivity index (χ1n) is 8.84. The summed E-state index contributed by atoms with van der Waals surface area (Å²) in [5.74, 6) is -0.618. The van der Waals surface area contributed by atoms with Crippen molar-refractivity contribution in [3.05, 3.63) is 82.9 Å². The van der Waals surface area contributed by atoms with Crippen molar-refractivity contribution in [2.75, 3.05) is 12.8 Å². The molecule has 0 aromatic heterocycles. The van der Waals surface area contributed by atoms with E-state index in [0.717, 1.165) is 5.56 Å². The Labute approximate surface area is 169 Å². The van der Waals surface area contributed by atoms with Crippen molar-refractivity contribution in [1.82, 2.24) is 0 Å². The molecule has 3 rings (SSSR count). The molecule has 0 atom stereocenters. The van der Waals surface area contributed by atoms with Gasteiger partial charge in [-0.2, -0.15) is 0 Å². The van der Waals surface area contributed by atoms with Crippen LogP contribution in [0.4, 0.5) is 5.69 Å². The fourth-order valence-corrected chi connectivity index (χ4v) is 4.75. The largest absolute Gasteiger partial charge is 0.497 e. The van der Waals surface area contributed by atoms with Gasteiger partial charge in [-0.25, -0.2) is 13.2 Å². The summed E-state index contributed by atoms with van der Waals surface area (Å²) in [6, 6.07) is 16.5. The Morgan fingerprint density at radius 3 is 2.24 bits per heavy atom. The minimum Gasteiger partial charge on any atom is -0.497 e. The van der Waals surface area contributed by atoms with Gasteiger partial charge in [-0.1, -0.05) is 30.3 Å². The van der Waals surface area contributed by atoms with Gasteiger partial charge in [0, 0.05) is 6.42 Å². The van der Waals surface area contributed by atoms with Crippen molar-refractivity contribution < 1.29 is 23.1 Å². The predicted molar refractivity (Wildman–Crippen MR) is 110 cm³/mol. The van der Waals surface area contributed by atoms with Gasteiger partial charge in [0.15, 0.2) is 0 Å². The molecule has 150 valence electrons. The number of aryl methyl sites for hydroxylation is 1. The Morgan fingerprint density at radius 2 is 1.69 bits per heavy atom. The lowest BCUT2D eigenvalue weighted by atomic mass is 9.94. The molecule has 3 aromatic carbocycles. The Balaban J connectivity index is 2.20. The van der Waals surface area contributed by atoms with E-state index in [4.69, 9.17) is 10.5 Å². The highest BCUT2D eigenvalue weighted by Gasteiger charge is 2.27. The zero-order chi connectivity index (χ0) is 21.2. The molecular weight excluding hydrogens is 390 g/mol. The molecule has 29 heavy (non-hydrogen) atoms. The highest BCUT2D eigenvalue weighted by atomic mass is 32.2. The lowest BCUT2D eigenvalue weighted by Crippen LogP contribution is -2.14. The van der Waals surface area contributed by atoms with Crippen LogP contribution in [0.15, 0.2) is 70.5 Å². The Kier molecular flexibility index (Phi) is 5.61. The number of nitrogens with two attached hydrogens (primary N) is 1. The normalized spacial score (nSPS) is 11.2. The van der Waals surface area contributed by atoms with E-state index in [0.29, 0.717) is 11.3 Å². The number of sulfone groups is 1. The van der Waals surface area contributed by atoms with Crippen molar-refractivity contribution >= 4 is 21.5 Å². The molecule has 6 nitrogen and oxygen atoms in total. The molecule has 3 aromatic rings. The number of carboxylic acid groups (broad SMARTS) is 1. The number of aromatic carboxylic acids is 1. The number of benzene rings is 3. The molecule has 0 aliphatic heterocycles. The van der Waals surface area contributed by atoms with Gasteiger partial charge in [-0.3, -0.25) is 0 Å². The van der Waals surface area contributed by atoms with Crippen LogP contribution in [0.3, 0.4) is 0 Å². The predicted octanol–water partition coefficient (Wildman–Crippen LogP) is 3.71. The summed E-state index contributed by atoms with van der Waals surface area (Å²) < 4.78 is 31.5. The second kappa shape index (κ2) is 7.97. The van der Waals surface area contributed by atoms with E-state index in [1.54, 1.807) is 19.1 Å². The SMILES string of the molecule is COc1ccc(S(=O)(=O)c2cc(C)c(C(=O)O)c(Cc3ccccc3)c2N)cc1. The third-order valence-electron chi connectivity index (χ3n) is 4.73. The van der Waals surface area contributed by atoms with Gasteiger partial charge in [0.2, 0.25) is 9.84 Å². The fourth-order valence-electron chi connectivity index (χ4n) is 3.25. The topological polar surface area (TPSA) is 107 Å². The summed E-state index contributed by atoms with van der Waals surface area (Å²) in [5.41, 5.74) is 7.69. The molecule has 0 aliphatic carbocycles. The van der Waals surface area contributed by atoms with Crippen LogP contribution in [0.1, 0.15) is 27.0 Å². The molecule has 0 bridgehead atoms. The molecule has 0 aliphatic rings. The standard InChI is InChI=1S/C22H21NO5S/c1-14-12-19(29(26,27)17-10-8-16(28-2)9-11-17)21(23)18(20(14)22(24)25)13-15-6-4-3-5-7-15/h3-12H,13,23H2,1-2H3,(H,24,25). The monoisotopic (exact) mass is 411 g/mol. The number of methoxy groups -OCH3 is 1. The fraction of sp³-hybridized carbons (Fsp3) is 0.136. The molecule has 0 unspecified atom stereocenters. The number of carbonyl (C=O) groups is 1. The summed E-state index contributed by atoms with van der Waals surface area (Å²) in [5, 5.41) is 9.70. The minimum absolute atomic E-state index is 0.0278. The van der Waals surface area contributed by atoms with Gasteiger partial charge in [0.25, 0.3) is 0 Å². The van der Waals surface area contributed by atoms with E-state index < -0.39 is 15.8 Å². The zero-order valence-electron chi connectivity index (χ0n) is 16.0. The number of anilines is 1. The van der Waals surface area contributed by atoms with Gasteiger partial charge >= 0.3 is 5.97 Å². The maximum Gasteiger partial charge on any atom is 0.336 e. The van der Waals surface area contributed by atoms with Crippen molar-refractivity contribution in [1.29, 1.82) is 0 Å². The van der Waals surface area contributed by atoms with Gasteiger partial charge in [-0.15, -0.1) is 0 Å². The van der Waals surface area contributed by atoms with Crippen molar-refractivity contribution in [2.45, 2.75) is 23.1 Å². The average Bonchev–Trinajstić information content (AvgIpc) is 2.71. The number of carboxylic acids is 1. The van der Waals surface area contributed by atoms with E-state index in [1.165, 1.54) is 25.3 Å². The van der Waals surface area contributed by atoms with Crippen molar-refractivity contribution in [3.8, 4) is 5.75 Å². The van der Waals surface area contributed by atoms with Crippen LogP contribution in [0.25, 0.3) is 0 Å². The maximum atomic E-state index is 13.2. The third-order valence-corrected chi connectivity index (χ3v) is 6.54. The first kappa shape index (κ1) is 20.4. The first-order valence-corrected chi connectivity index (χ1v) is 10.3. The summed E-state index contributed by atoms with van der Waals surface area (Å²) >= 11 is 0. The van der Waals surface area contributed by atoms with E-state index in [1.807, 2.05) is 30.3 Å². The minimum atomic E-state index is -3.95. The smallest absolute Gasteiger partial charge is 0.336 e. The number of rotatable bonds is 6. The molecule has 0 saturated heterocycles. The summed E-state index contributed by atoms with van der Waals surface area (Å²) in [6.07, 6.45) is 0.209. The van der Waals surface area contributed by atoms with E-state index in [-0.39, 0.29) is 33.0 Å². The van der Waals surface area contributed by atoms with Gasteiger partial charge in [-0.05, 0) is 53.9 Å². The van der Waals surface area contributed by atoms with Crippen LogP contribution in [0, 0.1) is 6.92 Å². The molecule has 3 N–H and O–H groups in total. The van der Waals surface area contributed by atoms with E-state index >= 15 is 0 Å². The quantitative estimate of drug-likeness (QED) is 0.599. The number of hydrogen-bond donors (Lipinski definition) is 2. The Morgan fingerprint density at radius 1 is 1.07 bits per heavy atom. The number of ether oxygens (including phenoxy) is 1. The van der Waals surface area contributed by atoms with Crippen LogP contribution < -0.4 is 10.5 Å². The molecule has 7 heteroatoms. The molecule has 0 spiro atoms. The average molecular weight is 411 g/mol. The van der Waals surface area contributed by atoms with E-state index in [2.05, 4.69) is 0 Å². The van der Waals surface area contributed by atoms with Crippen LogP contribution in [0.5, 0.6) is 5.75 Å². The Bertz CT molecular complexity index is 1150. The second-order valence-corrected chi connectivity index (χ2v) is 8.52. The molecule has 0 saturated carbocycles. The van der Waals surface area contributed by atoms with Gasteiger partial charge in [0.1, 0.15) is 5.75 Å². The van der Waals surface area contributed by atoms with Gasteiger partial charge < -0.3 is 15.6 Å². The third kappa shape index (κ3) is 3.95. The van der Waals surface area contributed by atoms with Crippen molar-refractivity contribution in [3.63, 3.8) is 0 Å². The maximum absolute atomic E-state index is 13.2. The van der Waals surface area contributed by atoms with E-state index in [9.17, 15) is 18.3 Å². The number of hydrogen-bond acceptors (Lipinski definition) is 5. The summed E-state index contributed by atoms with van der Waals surface area (Å²) in [6.45, 7) is 1.57. The summed E-state index contributed by atoms with van der Waals surface area (Å²) in [7, 11) is -2.46. The van der Waals surface area contributed by atoms with Crippen LogP contribution in [0.2, 0.25) is 0 Å². The Hall–Kier alpha value is -3.32.